The van der Waals surface area contributed by atoms with Crippen molar-refractivity contribution >= 4 is 5.78 Å². The zero-order valence-corrected chi connectivity index (χ0v) is 10.2. The van der Waals surface area contributed by atoms with Crippen molar-refractivity contribution in [2.75, 3.05) is 0 Å². The number of hydrogen-bond donors (Lipinski definition) is 0. The molecule has 0 atom stereocenters. The predicted molar refractivity (Wildman–Crippen MR) is 66.9 cm³/mol. The van der Waals surface area contributed by atoms with E-state index in [0.717, 1.165) is 5.56 Å². The van der Waals surface area contributed by atoms with Gasteiger partial charge in [0.05, 0.1) is 5.56 Å². The van der Waals surface area contributed by atoms with Gasteiger partial charge in [0.2, 0.25) is 0 Å². The van der Waals surface area contributed by atoms with Gasteiger partial charge in [-0.1, -0.05) is 12.1 Å². The molecule has 0 N–H and O–H groups in total. The Morgan fingerprint density at radius 3 is 2.24 bits per heavy atom. The Labute approximate surface area is 101 Å². The topological polar surface area (TPSA) is 42.9 Å². The van der Waals surface area contributed by atoms with Gasteiger partial charge in [-0.2, -0.15) is 0 Å². The highest BCUT2D eigenvalue weighted by Crippen LogP contribution is 2.18. The first-order chi connectivity index (χ1) is 8.08. The number of hydrogen-bond acceptors (Lipinski definition) is 3. The maximum atomic E-state index is 11.1. The molecule has 0 saturated heterocycles. The van der Waals surface area contributed by atoms with E-state index in [1.54, 1.807) is 12.4 Å². The van der Waals surface area contributed by atoms with Crippen LogP contribution in [0.3, 0.4) is 0 Å². The summed E-state index contributed by atoms with van der Waals surface area (Å²) in [7, 11) is 0. The summed E-state index contributed by atoms with van der Waals surface area (Å²) in [5.41, 5.74) is 3.97. The van der Waals surface area contributed by atoms with Gasteiger partial charge in [-0.05, 0) is 38.0 Å². The van der Waals surface area contributed by atoms with E-state index in [9.17, 15) is 4.79 Å². The normalized spacial score (nSPS) is 10.3. The number of Topliss-reactive ketones (excluding diaryl/α,β-unsaturated/α-hetero) is 1. The molecule has 3 heteroatoms. The molecule has 17 heavy (non-hydrogen) atoms. The average molecular weight is 226 g/mol. The second-order valence-corrected chi connectivity index (χ2v) is 4.15. The van der Waals surface area contributed by atoms with Crippen molar-refractivity contribution in [2.24, 2.45) is 0 Å². The lowest BCUT2D eigenvalue weighted by Crippen LogP contribution is -1.97. The smallest absolute Gasteiger partial charge is 0.162 e. The first kappa shape index (κ1) is 11.5. The van der Waals surface area contributed by atoms with Crippen molar-refractivity contribution in [3.63, 3.8) is 0 Å². The van der Waals surface area contributed by atoms with E-state index in [4.69, 9.17) is 0 Å². The van der Waals surface area contributed by atoms with Crippen molar-refractivity contribution in [2.45, 2.75) is 20.8 Å². The second kappa shape index (κ2) is 4.45. The highest BCUT2D eigenvalue weighted by molar-refractivity contribution is 5.93. The van der Waals surface area contributed by atoms with Crippen LogP contribution in [0.1, 0.15) is 28.4 Å². The van der Waals surface area contributed by atoms with E-state index >= 15 is 0 Å². The van der Waals surface area contributed by atoms with E-state index in [2.05, 4.69) is 29.9 Å². The molecule has 1 aromatic carbocycles. The zero-order chi connectivity index (χ0) is 12.4. The largest absolute Gasteiger partial charge is 0.294 e. The third kappa shape index (κ3) is 2.38. The molecule has 0 aliphatic carbocycles. The third-order valence-electron chi connectivity index (χ3n) is 2.82. The minimum Gasteiger partial charge on any atom is -0.294 e. The lowest BCUT2D eigenvalue weighted by atomic mass is 10.1. The standard InChI is InChI=1S/C14H14N2O/c1-9-4-5-12(6-10(9)2)14-15-7-13(8-16-14)11(3)17/h4-8H,1-3H3. The van der Waals surface area contributed by atoms with Crippen LogP contribution in [0.15, 0.2) is 30.6 Å². The highest BCUT2D eigenvalue weighted by atomic mass is 16.1. The summed E-state index contributed by atoms with van der Waals surface area (Å²) in [6.07, 6.45) is 3.14. The molecule has 0 spiro atoms. The summed E-state index contributed by atoms with van der Waals surface area (Å²) in [6, 6.07) is 6.09. The number of rotatable bonds is 2. The van der Waals surface area contributed by atoms with E-state index in [1.807, 2.05) is 12.1 Å². The molecule has 3 nitrogen and oxygen atoms in total. The maximum Gasteiger partial charge on any atom is 0.162 e. The zero-order valence-electron chi connectivity index (χ0n) is 10.2. The van der Waals surface area contributed by atoms with Crippen LogP contribution in [0, 0.1) is 13.8 Å². The average Bonchev–Trinajstić information content (AvgIpc) is 2.33. The highest BCUT2D eigenvalue weighted by Gasteiger charge is 2.04. The molecule has 0 aliphatic heterocycles. The Morgan fingerprint density at radius 2 is 1.71 bits per heavy atom. The molecule has 2 aromatic rings. The van der Waals surface area contributed by atoms with Crippen molar-refractivity contribution in [1.82, 2.24) is 9.97 Å². The van der Waals surface area contributed by atoms with Crippen LogP contribution in [-0.2, 0) is 0 Å². The Bertz CT molecular complexity index is 559. The summed E-state index contributed by atoms with van der Waals surface area (Å²) in [6.45, 7) is 5.63. The Balaban J connectivity index is 2.39. The Kier molecular flexibility index (Phi) is 3.00. The maximum absolute atomic E-state index is 11.1. The minimum absolute atomic E-state index is 0.0170. The van der Waals surface area contributed by atoms with Gasteiger partial charge in [0.15, 0.2) is 11.6 Å². The summed E-state index contributed by atoms with van der Waals surface area (Å²) in [5.74, 6) is 0.634. The van der Waals surface area contributed by atoms with Crippen LogP contribution in [0.2, 0.25) is 0 Å². The molecular formula is C14H14N2O. The van der Waals surface area contributed by atoms with Gasteiger partial charge >= 0.3 is 0 Å². The second-order valence-electron chi connectivity index (χ2n) is 4.15. The van der Waals surface area contributed by atoms with Crippen molar-refractivity contribution < 1.29 is 4.79 Å². The fraction of sp³-hybridized carbons (Fsp3) is 0.214. The fourth-order valence-corrected chi connectivity index (χ4v) is 1.54. The summed E-state index contributed by atoms with van der Waals surface area (Å²) >= 11 is 0. The van der Waals surface area contributed by atoms with Gasteiger partial charge in [0, 0.05) is 18.0 Å². The van der Waals surface area contributed by atoms with Crippen LogP contribution in [0.25, 0.3) is 11.4 Å². The molecule has 0 aliphatic rings. The van der Waals surface area contributed by atoms with E-state index in [1.165, 1.54) is 18.1 Å². The molecule has 0 unspecified atom stereocenters. The van der Waals surface area contributed by atoms with E-state index in [-0.39, 0.29) is 5.78 Å². The lowest BCUT2D eigenvalue weighted by Gasteiger charge is -2.04. The number of carbonyl (C=O) groups is 1. The number of aryl methyl sites for hydroxylation is 2. The van der Waals surface area contributed by atoms with Crippen molar-refractivity contribution in [3.8, 4) is 11.4 Å². The number of carbonyl (C=O) groups excluding carboxylic acids is 1. The monoisotopic (exact) mass is 226 g/mol. The van der Waals surface area contributed by atoms with Gasteiger partial charge in [-0.3, -0.25) is 4.79 Å². The summed E-state index contributed by atoms with van der Waals surface area (Å²) < 4.78 is 0. The van der Waals surface area contributed by atoms with Gasteiger partial charge in [-0.15, -0.1) is 0 Å². The molecule has 0 radical (unpaired) electrons. The van der Waals surface area contributed by atoms with Crippen molar-refractivity contribution in [1.29, 1.82) is 0 Å². The molecule has 1 heterocycles. The SMILES string of the molecule is CC(=O)c1cnc(-c2ccc(C)c(C)c2)nc1. The first-order valence-corrected chi connectivity index (χ1v) is 5.48. The molecule has 2 rings (SSSR count). The predicted octanol–water partition coefficient (Wildman–Crippen LogP) is 2.96. The van der Waals surface area contributed by atoms with Crippen LogP contribution >= 0.6 is 0 Å². The number of nitrogens with zero attached hydrogens (tertiary/aromatic N) is 2. The molecule has 1 aromatic heterocycles. The molecule has 0 bridgehead atoms. The van der Waals surface area contributed by atoms with Crippen molar-refractivity contribution in [3.05, 3.63) is 47.3 Å². The van der Waals surface area contributed by atoms with Crippen LogP contribution < -0.4 is 0 Å². The van der Waals surface area contributed by atoms with E-state index < -0.39 is 0 Å². The lowest BCUT2D eigenvalue weighted by molar-refractivity contribution is 0.101. The van der Waals surface area contributed by atoms with Gasteiger partial charge in [-0.25, -0.2) is 9.97 Å². The molecular weight excluding hydrogens is 212 g/mol. The van der Waals surface area contributed by atoms with Gasteiger partial charge in [0.1, 0.15) is 0 Å². The summed E-state index contributed by atoms with van der Waals surface area (Å²) in [4.78, 5) is 19.5. The van der Waals surface area contributed by atoms with Crippen LogP contribution in [-0.4, -0.2) is 15.8 Å². The molecule has 0 fully saturated rings. The van der Waals surface area contributed by atoms with Crippen LogP contribution in [0.5, 0.6) is 0 Å². The molecule has 0 amide bonds. The molecule has 0 saturated carbocycles. The van der Waals surface area contributed by atoms with Crippen LogP contribution in [0.4, 0.5) is 0 Å². The fourth-order valence-electron chi connectivity index (χ4n) is 1.54. The Morgan fingerprint density at radius 1 is 1.06 bits per heavy atom. The Hall–Kier alpha value is -2.03. The summed E-state index contributed by atoms with van der Waals surface area (Å²) in [5, 5.41) is 0. The number of benzene rings is 1. The minimum atomic E-state index is -0.0170. The van der Waals surface area contributed by atoms with Gasteiger partial charge < -0.3 is 0 Å². The number of ketones is 1. The van der Waals surface area contributed by atoms with E-state index in [0.29, 0.717) is 11.4 Å². The number of aromatic nitrogens is 2. The quantitative estimate of drug-likeness (QED) is 0.739. The first-order valence-electron chi connectivity index (χ1n) is 5.48. The third-order valence-corrected chi connectivity index (χ3v) is 2.82. The molecule has 86 valence electrons. The van der Waals surface area contributed by atoms with Gasteiger partial charge in [0.25, 0.3) is 0 Å².